The van der Waals surface area contributed by atoms with E-state index >= 15 is 0 Å². The molecule has 0 unspecified atom stereocenters. The molecule has 7 heteroatoms. The summed E-state index contributed by atoms with van der Waals surface area (Å²) >= 11 is 3.41. The van der Waals surface area contributed by atoms with Gasteiger partial charge in [-0.2, -0.15) is 5.10 Å². The fourth-order valence-electron chi connectivity index (χ4n) is 3.35. The largest absolute Gasteiger partial charge is 0.347 e. The van der Waals surface area contributed by atoms with Crippen LogP contribution < -0.4 is 5.32 Å². The summed E-state index contributed by atoms with van der Waals surface area (Å²) in [5.74, 6) is -0.144. The Morgan fingerprint density at radius 1 is 1.03 bits per heavy atom. The molecule has 0 bridgehead atoms. The van der Waals surface area contributed by atoms with E-state index in [1.807, 2.05) is 53.4 Å². The third-order valence-electron chi connectivity index (χ3n) is 5.01. The lowest BCUT2D eigenvalue weighted by Crippen LogP contribution is -2.27. The van der Waals surface area contributed by atoms with Crippen LogP contribution in [0, 0.1) is 0 Å². The highest BCUT2D eigenvalue weighted by Gasteiger charge is 2.19. The van der Waals surface area contributed by atoms with E-state index in [0.717, 1.165) is 41.5 Å². The van der Waals surface area contributed by atoms with Crippen molar-refractivity contribution in [3.05, 3.63) is 75.9 Å². The number of amides is 2. The van der Waals surface area contributed by atoms with Gasteiger partial charge in [0.25, 0.3) is 11.8 Å². The third-order valence-corrected chi connectivity index (χ3v) is 5.54. The molecule has 2 heterocycles. The molecule has 1 saturated heterocycles. The molecule has 29 heavy (non-hydrogen) atoms. The van der Waals surface area contributed by atoms with Crippen molar-refractivity contribution < 1.29 is 9.59 Å². The Morgan fingerprint density at radius 3 is 2.41 bits per heavy atom. The second-order valence-electron chi connectivity index (χ2n) is 7.05. The number of aromatic amines is 1. The Hall–Kier alpha value is -2.93. The van der Waals surface area contributed by atoms with Crippen molar-refractivity contribution in [3.8, 4) is 11.3 Å². The van der Waals surface area contributed by atoms with Gasteiger partial charge in [-0.05, 0) is 48.7 Å². The normalized spacial score (nSPS) is 13.5. The summed E-state index contributed by atoms with van der Waals surface area (Å²) < 4.78 is 0.989. The first-order valence-electron chi connectivity index (χ1n) is 9.58. The fraction of sp³-hybridized carbons (Fsp3) is 0.227. The second-order valence-corrected chi connectivity index (χ2v) is 7.97. The van der Waals surface area contributed by atoms with Gasteiger partial charge in [0.2, 0.25) is 0 Å². The van der Waals surface area contributed by atoms with Gasteiger partial charge in [-0.25, -0.2) is 0 Å². The number of hydrogen-bond acceptors (Lipinski definition) is 3. The molecule has 0 atom stereocenters. The van der Waals surface area contributed by atoms with E-state index < -0.39 is 0 Å². The van der Waals surface area contributed by atoms with Crippen molar-refractivity contribution in [2.75, 3.05) is 13.1 Å². The van der Waals surface area contributed by atoms with Crippen molar-refractivity contribution >= 4 is 27.7 Å². The number of likely N-dealkylation sites (tertiary alicyclic amines) is 1. The van der Waals surface area contributed by atoms with Gasteiger partial charge in [-0.15, -0.1) is 0 Å². The van der Waals surface area contributed by atoms with Gasteiger partial charge in [0.15, 0.2) is 0 Å². The Bertz CT molecular complexity index is 1010. The number of carbonyl (C=O) groups is 2. The average molecular weight is 453 g/mol. The van der Waals surface area contributed by atoms with E-state index in [1.165, 1.54) is 0 Å². The maximum Gasteiger partial charge on any atom is 0.269 e. The van der Waals surface area contributed by atoms with E-state index in [0.29, 0.717) is 23.5 Å². The number of H-pyrrole nitrogens is 1. The van der Waals surface area contributed by atoms with E-state index in [2.05, 4.69) is 31.4 Å². The van der Waals surface area contributed by atoms with E-state index in [-0.39, 0.29) is 11.8 Å². The van der Waals surface area contributed by atoms with Gasteiger partial charge in [0.1, 0.15) is 5.69 Å². The molecular weight excluding hydrogens is 432 g/mol. The van der Waals surface area contributed by atoms with Crippen LogP contribution in [-0.2, 0) is 6.54 Å². The quantitative estimate of drug-likeness (QED) is 0.613. The molecule has 3 aromatic rings. The molecule has 1 aromatic heterocycles. The lowest BCUT2D eigenvalue weighted by Gasteiger charge is -2.15. The first-order valence-corrected chi connectivity index (χ1v) is 10.4. The highest BCUT2D eigenvalue weighted by atomic mass is 79.9. The van der Waals surface area contributed by atoms with Gasteiger partial charge < -0.3 is 10.2 Å². The monoisotopic (exact) mass is 452 g/mol. The van der Waals surface area contributed by atoms with Crippen LogP contribution in [0.25, 0.3) is 11.3 Å². The van der Waals surface area contributed by atoms with Crippen molar-refractivity contribution in [1.29, 1.82) is 0 Å². The third kappa shape index (κ3) is 4.56. The second kappa shape index (κ2) is 8.61. The molecule has 1 aliphatic heterocycles. The van der Waals surface area contributed by atoms with Crippen LogP contribution in [0.15, 0.2) is 59.1 Å². The molecule has 0 aliphatic carbocycles. The van der Waals surface area contributed by atoms with Crippen molar-refractivity contribution in [2.24, 2.45) is 0 Å². The Balaban J connectivity index is 1.35. The summed E-state index contributed by atoms with van der Waals surface area (Å²) in [4.78, 5) is 26.7. The number of rotatable bonds is 5. The molecule has 2 aromatic carbocycles. The lowest BCUT2D eigenvalue weighted by atomic mass is 10.1. The Labute approximate surface area is 177 Å². The molecule has 1 aliphatic rings. The smallest absolute Gasteiger partial charge is 0.269 e. The zero-order valence-electron chi connectivity index (χ0n) is 15.8. The number of aromatic nitrogens is 2. The number of hydrogen-bond donors (Lipinski definition) is 2. The summed E-state index contributed by atoms with van der Waals surface area (Å²) in [5.41, 5.74) is 3.68. The Kier molecular flexibility index (Phi) is 5.76. The van der Waals surface area contributed by atoms with Crippen LogP contribution in [0.1, 0.15) is 39.3 Å². The summed E-state index contributed by atoms with van der Waals surface area (Å²) in [5, 5.41) is 9.88. The maximum atomic E-state index is 12.4. The predicted octanol–water partition coefficient (Wildman–Crippen LogP) is 4.01. The van der Waals surface area contributed by atoms with Crippen molar-refractivity contribution in [3.63, 3.8) is 0 Å². The van der Waals surface area contributed by atoms with Crippen molar-refractivity contribution in [1.82, 2.24) is 20.4 Å². The zero-order chi connectivity index (χ0) is 20.2. The predicted molar refractivity (Wildman–Crippen MR) is 114 cm³/mol. The number of nitrogens with zero attached hydrogens (tertiary/aromatic N) is 2. The van der Waals surface area contributed by atoms with Crippen LogP contribution >= 0.6 is 15.9 Å². The summed E-state index contributed by atoms with van der Waals surface area (Å²) in [7, 11) is 0. The molecule has 4 rings (SSSR count). The lowest BCUT2D eigenvalue weighted by molar-refractivity contribution is 0.0792. The van der Waals surface area contributed by atoms with Crippen LogP contribution in [0.2, 0.25) is 0 Å². The van der Waals surface area contributed by atoms with Gasteiger partial charge in [0, 0.05) is 35.2 Å². The van der Waals surface area contributed by atoms with Crippen LogP contribution in [-0.4, -0.2) is 40.0 Å². The highest BCUT2D eigenvalue weighted by molar-refractivity contribution is 9.10. The molecule has 1 fully saturated rings. The van der Waals surface area contributed by atoms with Gasteiger partial charge >= 0.3 is 0 Å². The fourth-order valence-corrected chi connectivity index (χ4v) is 3.62. The summed E-state index contributed by atoms with van der Waals surface area (Å²) in [6.45, 7) is 2.05. The standard InChI is InChI=1S/C22H21BrN4O2/c23-18-9-7-16(8-10-18)19-13-20(26-25-19)21(28)24-14-15-3-5-17(6-4-15)22(29)27-11-1-2-12-27/h3-10,13H,1-2,11-12,14H2,(H,24,28)(H,25,26). The number of carbonyl (C=O) groups excluding carboxylic acids is 2. The van der Waals surface area contributed by atoms with Gasteiger partial charge in [0.05, 0.1) is 5.69 Å². The number of benzene rings is 2. The minimum absolute atomic E-state index is 0.0796. The van der Waals surface area contributed by atoms with E-state index in [9.17, 15) is 9.59 Å². The average Bonchev–Trinajstić information content (AvgIpc) is 3.45. The van der Waals surface area contributed by atoms with Crippen LogP contribution in [0.4, 0.5) is 0 Å². The van der Waals surface area contributed by atoms with Crippen molar-refractivity contribution in [2.45, 2.75) is 19.4 Å². The topological polar surface area (TPSA) is 78.1 Å². The maximum absolute atomic E-state index is 12.4. The van der Waals surface area contributed by atoms with Gasteiger partial charge in [-0.1, -0.05) is 40.2 Å². The molecule has 2 amide bonds. The van der Waals surface area contributed by atoms with E-state index in [1.54, 1.807) is 6.07 Å². The molecule has 0 spiro atoms. The minimum atomic E-state index is -0.224. The first kappa shape index (κ1) is 19.4. The number of halogens is 1. The van der Waals surface area contributed by atoms with Gasteiger partial charge in [-0.3, -0.25) is 14.7 Å². The molecule has 2 N–H and O–H groups in total. The zero-order valence-corrected chi connectivity index (χ0v) is 17.4. The molecular formula is C22H21BrN4O2. The SMILES string of the molecule is O=C(NCc1ccc(C(=O)N2CCCC2)cc1)c1cc(-c2ccc(Br)cc2)n[nH]1. The highest BCUT2D eigenvalue weighted by Crippen LogP contribution is 2.20. The molecule has 0 saturated carbocycles. The van der Waals surface area contributed by atoms with Crippen LogP contribution in [0.3, 0.4) is 0 Å². The van der Waals surface area contributed by atoms with Crippen LogP contribution in [0.5, 0.6) is 0 Å². The number of nitrogens with one attached hydrogen (secondary N) is 2. The molecule has 6 nitrogen and oxygen atoms in total. The molecule has 0 radical (unpaired) electrons. The summed E-state index contributed by atoms with van der Waals surface area (Å²) in [6.07, 6.45) is 2.15. The Morgan fingerprint density at radius 2 is 1.72 bits per heavy atom. The van der Waals surface area contributed by atoms with E-state index in [4.69, 9.17) is 0 Å². The summed E-state index contributed by atoms with van der Waals surface area (Å²) in [6, 6.07) is 16.9. The minimum Gasteiger partial charge on any atom is -0.347 e. The first-order chi connectivity index (χ1) is 14.1. The molecule has 148 valence electrons.